The Hall–Kier alpha value is -0.750. The minimum atomic E-state index is -0.896. The summed E-state index contributed by atoms with van der Waals surface area (Å²) in [5.74, 6) is -0.875. The Bertz CT molecular complexity index is 254. The average molecular weight is 261 g/mol. The second-order valence-corrected chi connectivity index (χ2v) is 5.00. The lowest BCUT2D eigenvalue weighted by molar-refractivity contribution is -0.133. The maximum Gasteiger partial charge on any atom is 0.313 e. The Kier molecular flexibility index (Phi) is 7.04. The molecule has 98 valence electrons. The van der Waals surface area contributed by atoms with Crippen LogP contribution in [-0.4, -0.2) is 47.7 Å². The van der Waals surface area contributed by atoms with E-state index >= 15 is 0 Å². The summed E-state index contributed by atoms with van der Waals surface area (Å²) in [6, 6.07) is 0. The lowest BCUT2D eigenvalue weighted by atomic mass is 10.3. The van der Waals surface area contributed by atoms with Gasteiger partial charge in [0.25, 0.3) is 0 Å². The zero-order valence-corrected chi connectivity index (χ0v) is 10.6. The standard InChI is InChI=1S/C11H19NO4S/c13-10(7-17-8-11(14)15)12-5-6-16-9-3-1-2-4-9/h9H,1-8H2,(H,12,13)(H,14,15). The molecule has 0 aromatic carbocycles. The van der Waals surface area contributed by atoms with Crippen LogP contribution in [0.5, 0.6) is 0 Å². The summed E-state index contributed by atoms with van der Waals surface area (Å²) < 4.78 is 5.58. The first kappa shape index (κ1) is 14.3. The second-order valence-electron chi connectivity index (χ2n) is 4.01. The van der Waals surface area contributed by atoms with Crippen molar-refractivity contribution in [2.45, 2.75) is 31.8 Å². The summed E-state index contributed by atoms with van der Waals surface area (Å²) >= 11 is 1.10. The van der Waals surface area contributed by atoms with Gasteiger partial charge >= 0.3 is 5.97 Å². The molecular weight excluding hydrogens is 242 g/mol. The maximum atomic E-state index is 11.2. The Morgan fingerprint density at radius 1 is 1.29 bits per heavy atom. The molecule has 1 fully saturated rings. The molecular formula is C11H19NO4S. The van der Waals surface area contributed by atoms with Gasteiger partial charge in [0.05, 0.1) is 24.2 Å². The van der Waals surface area contributed by atoms with E-state index in [-0.39, 0.29) is 17.4 Å². The van der Waals surface area contributed by atoms with Gasteiger partial charge in [-0.3, -0.25) is 9.59 Å². The Balaban J connectivity index is 1.90. The number of aliphatic carboxylic acids is 1. The number of carboxylic acid groups (broad SMARTS) is 1. The van der Waals surface area contributed by atoms with E-state index in [9.17, 15) is 9.59 Å². The van der Waals surface area contributed by atoms with Gasteiger partial charge in [-0.15, -0.1) is 11.8 Å². The van der Waals surface area contributed by atoms with Crippen molar-refractivity contribution < 1.29 is 19.4 Å². The van der Waals surface area contributed by atoms with E-state index in [1.807, 2.05) is 0 Å². The predicted octanol–water partition coefficient (Wildman–Crippen LogP) is 0.880. The number of nitrogens with one attached hydrogen (secondary N) is 1. The third kappa shape index (κ3) is 7.23. The topological polar surface area (TPSA) is 75.6 Å². The molecule has 0 radical (unpaired) electrons. The summed E-state index contributed by atoms with van der Waals surface area (Å²) in [4.78, 5) is 21.5. The van der Waals surface area contributed by atoms with Crippen LogP contribution >= 0.6 is 11.8 Å². The molecule has 0 saturated heterocycles. The molecule has 0 unspecified atom stereocenters. The van der Waals surface area contributed by atoms with Crippen LogP contribution < -0.4 is 5.32 Å². The predicted molar refractivity (Wildman–Crippen MR) is 66.2 cm³/mol. The molecule has 17 heavy (non-hydrogen) atoms. The highest BCUT2D eigenvalue weighted by Crippen LogP contribution is 2.20. The summed E-state index contributed by atoms with van der Waals surface area (Å²) in [6.45, 7) is 1.04. The van der Waals surface area contributed by atoms with E-state index in [0.29, 0.717) is 19.3 Å². The molecule has 0 aromatic heterocycles. The third-order valence-corrected chi connectivity index (χ3v) is 3.46. The number of amides is 1. The molecule has 0 atom stereocenters. The molecule has 0 aromatic rings. The van der Waals surface area contributed by atoms with E-state index in [2.05, 4.69) is 5.32 Å². The fraction of sp³-hybridized carbons (Fsp3) is 0.818. The average Bonchev–Trinajstić information content (AvgIpc) is 2.76. The number of ether oxygens (including phenoxy) is 1. The van der Waals surface area contributed by atoms with Crippen molar-refractivity contribution >= 4 is 23.6 Å². The van der Waals surface area contributed by atoms with Crippen molar-refractivity contribution in [2.24, 2.45) is 0 Å². The molecule has 0 bridgehead atoms. The minimum absolute atomic E-state index is 0.0357. The first-order chi connectivity index (χ1) is 8.18. The fourth-order valence-corrected chi connectivity index (χ4v) is 2.32. The summed E-state index contributed by atoms with van der Waals surface area (Å²) in [6.07, 6.45) is 5.10. The third-order valence-electron chi connectivity index (χ3n) is 2.54. The number of carboxylic acids is 1. The van der Waals surface area contributed by atoms with Gasteiger partial charge in [-0.25, -0.2) is 0 Å². The highest BCUT2D eigenvalue weighted by atomic mass is 32.2. The van der Waals surface area contributed by atoms with Gasteiger partial charge in [-0.2, -0.15) is 0 Å². The van der Waals surface area contributed by atoms with E-state index in [4.69, 9.17) is 9.84 Å². The van der Waals surface area contributed by atoms with Crippen molar-refractivity contribution in [1.29, 1.82) is 0 Å². The van der Waals surface area contributed by atoms with Crippen LogP contribution in [-0.2, 0) is 14.3 Å². The molecule has 6 heteroatoms. The highest BCUT2D eigenvalue weighted by Gasteiger charge is 2.14. The van der Waals surface area contributed by atoms with Gasteiger partial charge in [0.15, 0.2) is 0 Å². The Morgan fingerprint density at radius 3 is 2.65 bits per heavy atom. The van der Waals surface area contributed by atoms with E-state index in [1.165, 1.54) is 12.8 Å². The van der Waals surface area contributed by atoms with Gasteiger partial charge in [-0.05, 0) is 12.8 Å². The zero-order chi connectivity index (χ0) is 12.5. The number of hydrogen-bond acceptors (Lipinski definition) is 4. The molecule has 0 heterocycles. The van der Waals surface area contributed by atoms with Crippen LogP contribution in [0.4, 0.5) is 0 Å². The van der Waals surface area contributed by atoms with Crippen molar-refractivity contribution in [2.75, 3.05) is 24.7 Å². The Morgan fingerprint density at radius 2 is 2.00 bits per heavy atom. The normalized spacial score (nSPS) is 16.0. The second kappa shape index (κ2) is 8.36. The number of thioether (sulfide) groups is 1. The summed E-state index contributed by atoms with van der Waals surface area (Å²) in [5, 5.41) is 11.1. The number of carbonyl (C=O) groups excluding carboxylic acids is 1. The molecule has 1 saturated carbocycles. The molecule has 0 spiro atoms. The van der Waals surface area contributed by atoms with Gasteiger partial charge in [0, 0.05) is 6.54 Å². The van der Waals surface area contributed by atoms with Crippen LogP contribution in [0.2, 0.25) is 0 Å². The molecule has 1 rings (SSSR count). The van der Waals surface area contributed by atoms with E-state index < -0.39 is 5.97 Å². The van der Waals surface area contributed by atoms with Crippen molar-refractivity contribution in [3.63, 3.8) is 0 Å². The van der Waals surface area contributed by atoms with Crippen molar-refractivity contribution in [3.05, 3.63) is 0 Å². The quantitative estimate of drug-likeness (QED) is 0.634. The van der Waals surface area contributed by atoms with Crippen LogP contribution in [0.25, 0.3) is 0 Å². The highest BCUT2D eigenvalue weighted by molar-refractivity contribution is 8.00. The lowest BCUT2D eigenvalue weighted by Crippen LogP contribution is -2.30. The maximum absolute atomic E-state index is 11.2. The molecule has 2 N–H and O–H groups in total. The molecule has 0 aliphatic heterocycles. The van der Waals surface area contributed by atoms with Gasteiger partial charge in [0.2, 0.25) is 5.91 Å². The lowest BCUT2D eigenvalue weighted by Gasteiger charge is -2.11. The monoisotopic (exact) mass is 261 g/mol. The summed E-state index contributed by atoms with van der Waals surface area (Å²) in [7, 11) is 0. The van der Waals surface area contributed by atoms with Crippen LogP contribution in [0.1, 0.15) is 25.7 Å². The van der Waals surface area contributed by atoms with Crippen LogP contribution in [0.3, 0.4) is 0 Å². The SMILES string of the molecule is O=C(O)CSCC(=O)NCCOC1CCCC1. The molecule has 1 aliphatic rings. The Labute approximate surface area is 105 Å². The minimum Gasteiger partial charge on any atom is -0.481 e. The number of carbonyl (C=O) groups is 2. The smallest absolute Gasteiger partial charge is 0.313 e. The van der Waals surface area contributed by atoms with Crippen LogP contribution in [0, 0.1) is 0 Å². The van der Waals surface area contributed by atoms with E-state index in [1.54, 1.807) is 0 Å². The largest absolute Gasteiger partial charge is 0.481 e. The summed E-state index contributed by atoms with van der Waals surface area (Å²) in [5.41, 5.74) is 0. The number of hydrogen-bond donors (Lipinski definition) is 2. The fourth-order valence-electron chi connectivity index (χ4n) is 1.75. The first-order valence-corrected chi connectivity index (χ1v) is 7.02. The van der Waals surface area contributed by atoms with Gasteiger partial charge < -0.3 is 15.2 Å². The van der Waals surface area contributed by atoms with Crippen LogP contribution in [0.15, 0.2) is 0 Å². The van der Waals surface area contributed by atoms with E-state index in [0.717, 1.165) is 24.6 Å². The van der Waals surface area contributed by atoms with Crippen molar-refractivity contribution in [1.82, 2.24) is 5.32 Å². The first-order valence-electron chi connectivity index (χ1n) is 5.86. The zero-order valence-electron chi connectivity index (χ0n) is 9.81. The van der Waals surface area contributed by atoms with Gasteiger partial charge in [0.1, 0.15) is 0 Å². The molecule has 1 aliphatic carbocycles. The molecule has 1 amide bonds. The van der Waals surface area contributed by atoms with Gasteiger partial charge in [-0.1, -0.05) is 12.8 Å². The number of rotatable bonds is 8. The van der Waals surface area contributed by atoms with Crippen molar-refractivity contribution in [3.8, 4) is 0 Å². The molecule has 5 nitrogen and oxygen atoms in total.